The van der Waals surface area contributed by atoms with Gasteiger partial charge in [-0.3, -0.25) is 9.59 Å². The highest BCUT2D eigenvalue weighted by Gasteiger charge is 2.31. The monoisotopic (exact) mass is 563 g/mol. The normalized spacial score (nSPS) is 10.9. The van der Waals surface area contributed by atoms with Gasteiger partial charge in [0.05, 0.1) is 14.2 Å². The highest BCUT2D eigenvalue weighted by atomic mass is 16.6. The van der Waals surface area contributed by atoms with Crippen LogP contribution >= 0.6 is 0 Å². The van der Waals surface area contributed by atoms with Crippen LogP contribution in [0.3, 0.4) is 0 Å². The number of imide groups is 1. The van der Waals surface area contributed by atoms with Crippen molar-refractivity contribution in [1.29, 1.82) is 0 Å². The standard InChI is InChI=1S/C32H37NO8/c1-7-18-33(31(36)41-32(2,3)4)30(35)29(34)24-12-17-27(39-20-22-8-13-25(37-5)14-9-22)28(19-24)40-21-23-10-15-26(38-6)16-11-23/h8-17,19H,7,18,20-21H2,1-6H3. The Morgan fingerprint density at radius 1 is 0.732 bits per heavy atom. The number of carbonyl (C=O) groups is 3. The van der Waals surface area contributed by atoms with Crippen molar-refractivity contribution in [3.8, 4) is 23.0 Å². The van der Waals surface area contributed by atoms with Gasteiger partial charge in [-0.2, -0.15) is 0 Å². The minimum Gasteiger partial charge on any atom is -0.497 e. The van der Waals surface area contributed by atoms with E-state index in [1.165, 1.54) is 12.1 Å². The summed E-state index contributed by atoms with van der Waals surface area (Å²) in [6, 6.07) is 19.3. The molecule has 3 aromatic rings. The van der Waals surface area contributed by atoms with Crippen molar-refractivity contribution in [2.24, 2.45) is 0 Å². The van der Waals surface area contributed by atoms with Crippen LogP contribution in [0.2, 0.25) is 0 Å². The quantitative estimate of drug-likeness (QED) is 0.189. The molecule has 0 atom stereocenters. The Labute approximate surface area is 240 Å². The van der Waals surface area contributed by atoms with Gasteiger partial charge in [-0.05, 0) is 80.8 Å². The number of amides is 2. The molecule has 0 aliphatic rings. The molecule has 0 radical (unpaired) electrons. The molecule has 0 heterocycles. The van der Waals surface area contributed by atoms with Crippen LogP contribution in [0.5, 0.6) is 23.0 Å². The fourth-order valence-corrected chi connectivity index (χ4v) is 3.71. The summed E-state index contributed by atoms with van der Waals surface area (Å²) in [4.78, 5) is 39.9. The SMILES string of the molecule is CCCN(C(=O)OC(C)(C)C)C(=O)C(=O)c1ccc(OCc2ccc(OC)cc2)c(OCc2ccc(OC)cc2)c1. The van der Waals surface area contributed by atoms with E-state index in [9.17, 15) is 14.4 Å². The van der Waals surface area contributed by atoms with E-state index in [-0.39, 0.29) is 31.1 Å². The van der Waals surface area contributed by atoms with Crippen LogP contribution in [0.25, 0.3) is 0 Å². The lowest BCUT2D eigenvalue weighted by Crippen LogP contribution is -2.44. The van der Waals surface area contributed by atoms with E-state index in [0.29, 0.717) is 17.9 Å². The van der Waals surface area contributed by atoms with Crippen LogP contribution in [0, 0.1) is 0 Å². The number of hydrogen-bond donors (Lipinski definition) is 0. The van der Waals surface area contributed by atoms with Crippen molar-refractivity contribution in [3.05, 3.63) is 83.4 Å². The van der Waals surface area contributed by atoms with E-state index >= 15 is 0 Å². The molecule has 9 heteroatoms. The summed E-state index contributed by atoms with van der Waals surface area (Å²) >= 11 is 0. The number of ether oxygens (including phenoxy) is 5. The predicted octanol–water partition coefficient (Wildman–Crippen LogP) is 6.22. The molecule has 0 aromatic heterocycles. The van der Waals surface area contributed by atoms with Crippen LogP contribution in [0.15, 0.2) is 66.7 Å². The minimum atomic E-state index is -0.978. The first kappa shape index (κ1) is 31.0. The molecular weight excluding hydrogens is 526 g/mol. The van der Waals surface area contributed by atoms with Gasteiger partial charge in [0.25, 0.3) is 5.78 Å². The average Bonchev–Trinajstić information content (AvgIpc) is 2.96. The van der Waals surface area contributed by atoms with Crippen LogP contribution in [-0.4, -0.2) is 49.0 Å². The molecule has 218 valence electrons. The third-order valence-corrected chi connectivity index (χ3v) is 5.81. The number of hydrogen-bond acceptors (Lipinski definition) is 8. The molecule has 41 heavy (non-hydrogen) atoms. The molecule has 0 saturated carbocycles. The zero-order chi connectivity index (χ0) is 30.0. The van der Waals surface area contributed by atoms with Gasteiger partial charge in [0, 0.05) is 12.1 Å². The Morgan fingerprint density at radius 2 is 1.24 bits per heavy atom. The molecule has 0 unspecified atom stereocenters. The lowest BCUT2D eigenvalue weighted by atomic mass is 10.1. The summed E-state index contributed by atoms with van der Waals surface area (Å²) in [6.07, 6.45) is -0.403. The summed E-state index contributed by atoms with van der Waals surface area (Å²) in [7, 11) is 3.19. The van der Waals surface area contributed by atoms with Gasteiger partial charge in [-0.15, -0.1) is 0 Å². The van der Waals surface area contributed by atoms with Gasteiger partial charge >= 0.3 is 12.0 Å². The Kier molecular flexibility index (Phi) is 10.7. The molecule has 0 saturated heterocycles. The Balaban J connectivity index is 1.86. The first-order valence-electron chi connectivity index (χ1n) is 13.3. The summed E-state index contributed by atoms with van der Waals surface area (Å²) < 4.78 is 27.8. The minimum absolute atomic E-state index is 0.0450. The molecular formula is C32H37NO8. The first-order valence-corrected chi connectivity index (χ1v) is 13.3. The van der Waals surface area contributed by atoms with E-state index in [1.54, 1.807) is 48.0 Å². The molecule has 0 aliphatic carbocycles. The zero-order valence-electron chi connectivity index (χ0n) is 24.4. The van der Waals surface area contributed by atoms with Gasteiger partial charge in [-0.25, -0.2) is 9.69 Å². The molecule has 2 amide bonds. The van der Waals surface area contributed by atoms with Crippen molar-refractivity contribution in [1.82, 2.24) is 4.90 Å². The number of benzene rings is 3. The maximum atomic E-state index is 13.3. The summed E-state index contributed by atoms with van der Waals surface area (Å²) in [6.45, 7) is 7.33. The average molecular weight is 564 g/mol. The molecule has 0 aliphatic heterocycles. The third kappa shape index (κ3) is 8.99. The largest absolute Gasteiger partial charge is 0.497 e. The maximum Gasteiger partial charge on any atom is 0.417 e. The number of nitrogens with zero attached hydrogens (tertiary/aromatic N) is 1. The van der Waals surface area contributed by atoms with Crippen LogP contribution in [0.1, 0.15) is 55.6 Å². The zero-order valence-corrected chi connectivity index (χ0v) is 24.4. The fraction of sp³-hybridized carbons (Fsp3) is 0.344. The Morgan fingerprint density at radius 3 is 1.71 bits per heavy atom. The van der Waals surface area contributed by atoms with Crippen LogP contribution < -0.4 is 18.9 Å². The lowest BCUT2D eigenvalue weighted by Gasteiger charge is -2.25. The topological polar surface area (TPSA) is 101 Å². The second-order valence-electron chi connectivity index (χ2n) is 10.2. The van der Waals surface area contributed by atoms with Crippen LogP contribution in [-0.2, 0) is 22.7 Å². The van der Waals surface area contributed by atoms with Gasteiger partial charge in [0.2, 0.25) is 0 Å². The molecule has 0 N–H and O–H groups in total. The van der Waals surface area contributed by atoms with Gasteiger partial charge in [0.1, 0.15) is 30.3 Å². The molecule has 9 nitrogen and oxygen atoms in total. The Bertz CT molecular complexity index is 1330. The van der Waals surface area contributed by atoms with Crippen molar-refractivity contribution in [3.63, 3.8) is 0 Å². The molecule has 3 aromatic carbocycles. The predicted molar refractivity (Wildman–Crippen MR) is 154 cm³/mol. The first-order chi connectivity index (χ1) is 19.5. The van der Waals surface area contributed by atoms with Crippen molar-refractivity contribution < 1.29 is 38.1 Å². The lowest BCUT2D eigenvalue weighted by molar-refractivity contribution is -0.125. The van der Waals surface area contributed by atoms with E-state index in [2.05, 4.69) is 0 Å². The van der Waals surface area contributed by atoms with Crippen LogP contribution in [0.4, 0.5) is 4.79 Å². The van der Waals surface area contributed by atoms with Gasteiger partial charge in [-0.1, -0.05) is 31.2 Å². The van der Waals surface area contributed by atoms with Crippen molar-refractivity contribution in [2.45, 2.75) is 52.9 Å². The molecule has 0 spiro atoms. The van der Waals surface area contributed by atoms with Gasteiger partial charge in [0.15, 0.2) is 11.5 Å². The third-order valence-electron chi connectivity index (χ3n) is 5.81. The molecule has 0 bridgehead atoms. The summed E-state index contributed by atoms with van der Waals surface area (Å²) in [5, 5.41) is 0. The maximum absolute atomic E-state index is 13.3. The second-order valence-corrected chi connectivity index (χ2v) is 10.2. The molecule has 0 fully saturated rings. The van der Waals surface area contributed by atoms with Gasteiger partial charge < -0.3 is 23.7 Å². The fourth-order valence-electron chi connectivity index (χ4n) is 3.71. The number of methoxy groups -OCH3 is 2. The van der Waals surface area contributed by atoms with Crippen molar-refractivity contribution in [2.75, 3.05) is 20.8 Å². The highest BCUT2D eigenvalue weighted by molar-refractivity contribution is 6.44. The molecule has 3 rings (SSSR count). The summed E-state index contributed by atoms with van der Waals surface area (Å²) in [5.41, 5.74) is 0.993. The number of carbonyl (C=O) groups excluding carboxylic acids is 3. The smallest absolute Gasteiger partial charge is 0.417 e. The van der Waals surface area contributed by atoms with E-state index in [4.69, 9.17) is 23.7 Å². The second kappa shape index (κ2) is 14.2. The van der Waals surface area contributed by atoms with E-state index in [1.807, 2.05) is 48.5 Å². The number of ketones is 1. The Hall–Kier alpha value is -4.53. The van der Waals surface area contributed by atoms with E-state index < -0.39 is 23.4 Å². The summed E-state index contributed by atoms with van der Waals surface area (Å²) in [5.74, 6) is 0.260. The van der Waals surface area contributed by atoms with Crippen molar-refractivity contribution >= 4 is 17.8 Å². The number of Topliss-reactive ketones (excluding diaryl/α,β-unsaturated/α-hetero) is 1. The highest BCUT2D eigenvalue weighted by Crippen LogP contribution is 2.31. The number of rotatable bonds is 12. The van der Waals surface area contributed by atoms with E-state index in [0.717, 1.165) is 21.8 Å².